The van der Waals surface area contributed by atoms with Crippen LogP contribution in [-0.4, -0.2) is 6.61 Å². The van der Waals surface area contributed by atoms with Crippen molar-refractivity contribution in [2.75, 3.05) is 6.61 Å². The summed E-state index contributed by atoms with van der Waals surface area (Å²) in [5, 5.41) is 9.61. The molecule has 1 heteroatoms. The lowest BCUT2D eigenvalue weighted by Crippen LogP contribution is -1.70. The molecule has 0 aliphatic rings. The van der Waals surface area contributed by atoms with Crippen molar-refractivity contribution in [1.29, 1.82) is 0 Å². The van der Waals surface area contributed by atoms with E-state index in [9.17, 15) is 5.11 Å². The van der Waals surface area contributed by atoms with Gasteiger partial charge in [-0.1, -0.05) is 12.2 Å². The second-order valence-corrected chi connectivity index (χ2v) is 0.964. The van der Waals surface area contributed by atoms with Crippen molar-refractivity contribution >= 4 is 0 Å². The van der Waals surface area contributed by atoms with E-state index in [1.54, 1.807) is 12.2 Å². The standard InChI is InChI=1S/C5H8O/c1-2-3-4-5-6/h2-3H,1,4-5H2. The number of hydrogen-bond acceptors (Lipinski definition) is 0. The Morgan fingerprint density at radius 1 is 1.67 bits per heavy atom. The quantitative estimate of drug-likeness (QED) is 0.479. The Kier molecular flexibility index (Phi) is 4.46. The van der Waals surface area contributed by atoms with Gasteiger partial charge in [0.05, 0.1) is 6.61 Å². The minimum Gasteiger partial charge on any atom is -0.236 e. The van der Waals surface area contributed by atoms with E-state index in [1.165, 1.54) is 0 Å². The zero-order chi connectivity index (χ0) is 4.83. The second-order valence-electron chi connectivity index (χ2n) is 0.964. The predicted octanol–water partition coefficient (Wildman–Crippen LogP) is 1.20. The Balaban J connectivity index is 2.66. The molecule has 0 fully saturated rings. The second kappa shape index (κ2) is 4.70. The number of allylic oxidation sites excluding steroid dienone is 1. The van der Waals surface area contributed by atoms with E-state index in [1.807, 2.05) is 0 Å². The molecule has 1 nitrogen and oxygen atoms in total. The van der Waals surface area contributed by atoms with Gasteiger partial charge in [0, 0.05) is 0 Å². The fourth-order valence-electron chi connectivity index (χ4n) is 0.186. The average molecular weight is 84.1 g/mol. The van der Waals surface area contributed by atoms with Gasteiger partial charge in [0.2, 0.25) is 0 Å². The highest BCUT2D eigenvalue weighted by Gasteiger charge is 1.68. The summed E-state index contributed by atoms with van der Waals surface area (Å²) in [5.41, 5.74) is 0. The molecule has 0 bridgehead atoms. The summed E-state index contributed by atoms with van der Waals surface area (Å²) in [6, 6.07) is 0. The van der Waals surface area contributed by atoms with E-state index in [-0.39, 0.29) is 6.61 Å². The van der Waals surface area contributed by atoms with Gasteiger partial charge in [-0.15, -0.1) is 0 Å². The van der Waals surface area contributed by atoms with Gasteiger partial charge in [-0.25, -0.2) is 5.11 Å². The smallest absolute Gasteiger partial charge is 0.0856 e. The molecule has 0 aromatic heterocycles. The normalized spacial score (nSPS) is 10.3. The van der Waals surface area contributed by atoms with Crippen LogP contribution in [0.25, 0.3) is 0 Å². The molecule has 0 aromatic rings. The maximum Gasteiger partial charge on any atom is 0.0856 e. The third-order valence-corrected chi connectivity index (χ3v) is 0.451. The number of hydrogen-bond donors (Lipinski definition) is 0. The highest BCUT2D eigenvalue weighted by atomic mass is 16.2. The van der Waals surface area contributed by atoms with Crippen molar-refractivity contribution in [2.24, 2.45) is 0 Å². The Morgan fingerprint density at radius 2 is 2.33 bits per heavy atom. The molecule has 0 unspecified atom stereocenters. The molecule has 0 saturated carbocycles. The first kappa shape index (κ1) is 5.70. The first-order valence-corrected chi connectivity index (χ1v) is 1.94. The fourth-order valence-corrected chi connectivity index (χ4v) is 0.186. The zero-order valence-corrected chi connectivity index (χ0v) is 3.68. The summed E-state index contributed by atoms with van der Waals surface area (Å²) in [6.07, 6.45) is 4.01. The van der Waals surface area contributed by atoms with Gasteiger partial charge in [0.1, 0.15) is 0 Å². The van der Waals surface area contributed by atoms with Crippen LogP contribution in [0.4, 0.5) is 0 Å². The third-order valence-electron chi connectivity index (χ3n) is 0.451. The van der Waals surface area contributed by atoms with E-state index in [0.717, 1.165) is 0 Å². The van der Waals surface area contributed by atoms with Crippen LogP contribution >= 0.6 is 0 Å². The minimum atomic E-state index is -0.0218. The molecular formula is C5H8O. The van der Waals surface area contributed by atoms with Crippen LogP contribution in [0.2, 0.25) is 0 Å². The molecule has 0 aromatic carbocycles. The zero-order valence-electron chi connectivity index (χ0n) is 3.68. The van der Waals surface area contributed by atoms with Gasteiger partial charge >= 0.3 is 0 Å². The predicted molar refractivity (Wildman–Crippen MR) is 24.7 cm³/mol. The van der Waals surface area contributed by atoms with E-state index >= 15 is 0 Å². The van der Waals surface area contributed by atoms with Crippen molar-refractivity contribution in [3.63, 3.8) is 0 Å². The van der Waals surface area contributed by atoms with Crippen LogP contribution in [0.3, 0.4) is 0 Å². The Bertz CT molecular complexity index is 39.2. The van der Waals surface area contributed by atoms with E-state index in [4.69, 9.17) is 0 Å². The molecule has 2 radical (unpaired) electrons. The van der Waals surface area contributed by atoms with Crippen molar-refractivity contribution < 1.29 is 5.11 Å². The lowest BCUT2D eigenvalue weighted by Gasteiger charge is -1.73. The van der Waals surface area contributed by atoms with Crippen LogP contribution in [0.5, 0.6) is 0 Å². The fraction of sp³-hybridized carbons (Fsp3) is 0.400. The average Bonchev–Trinajstić information content (AvgIpc) is 1.61. The van der Waals surface area contributed by atoms with Gasteiger partial charge in [0.15, 0.2) is 0 Å². The van der Waals surface area contributed by atoms with Crippen LogP contribution in [-0.2, 0) is 5.11 Å². The van der Waals surface area contributed by atoms with Crippen LogP contribution in [0.15, 0.2) is 12.2 Å². The summed E-state index contributed by atoms with van der Waals surface area (Å²) in [5.74, 6) is 0. The highest BCUT2D eigenvalue weighted by Crippen LogP contribution is 1.76. The summed E-state index contributed by atoms with van der Waals surface area (Å²) < 4.78 is 0. The van der Waals surface area contributed by atoms with Crippen LogP contribution < -0.4 is 0 Å². The largest absolute Gasteiger partial charge is 0.236 e. The molecule has 0 rings (SSSR count). The van der Waals surface area contributed by atoms with Crippen molar-refractivity contribution in [3.8, 4) is 0 Å². The van der Waals surface area contributed by atoms with Crippen molar-refractivity contribution in [3.05, 3.63) is 19.1 Å². The van der Waals surface area contributed by atoms with Crippen LogP contribution in [0.1, 0.15) is 6.42 Å². The van der Waals surface area contributed by atoms with Crippen molar-refractivity contribution in [2.45, 2.75) is 6.42 Å². The maximum absolute atomic E-state index is 9.61. The van der Waals surface area contributed by atoms with E-state index in [0.29, 0.717) is 6.42 Å². The van der Waals surface area contributed by atoms with E-state index < -0.39 is 0 Å². The molecule has 0 amide bonds. The molecule has 0 aliphatic carbocycles. The first-order valence-electron chi connectivity index (χ1n) is 1.94. The van der Waals surface area contributed by atoms with Gasteiger partial charge in [0.25, 0.3) is 0 Å². The topological polar surface area (TPSA) is 19.9 Å². The van der Waals surface area contributed by atoms with Gasteiger partial charge < -0.3 is 0 Å². The SMILES string of the molecule is [CH2]C=CCC[O]. The van der Waals surface area contributed by atoms with Gasteiger partial charge in [-0.3, -0.25) is 0 Å². The summed E-state index contributed by atoms with van der Waals surface area (Å²) in [6.45, 7) is 3.38. The Labute approximate surface area is 38.3 Å². The molecule has 0 saturated heterocycles. The lowest BCUT2D eigenvalue weighted by atomic mass is 10.4. The summed E-state index contributed by atoms with van der Waals surface area (Å²) >= 11 is 0. The Hall–Kier alpha value is -0.300. The number of rotatable bonds is 2. The highest BCUT2D eigenvalue weighted by molar-refractivity contribution is 4.82. The molecule has 34 valence electrons. The maximum atomic E-state index is 9.61. The molecule has 0 atom stereocenters. The summed E-state index contributed by atoms with van der Waals surface area (Å²) in [4.78, 5) is 0. The Morgan fingerprint density at radius 3 is 2.50 bits per heavy atom. The minimum absolute atomic E-state index is 0.0218. The molecule has 0 heterocycles. The molecule has 6 heavy (non-hydrogen) atoms. The van der Waals surface area contributed by atoms with Gasteiger partial charge in [-0.2, -0.15) is 0 Å². The monoisotopic (exact) mass is 84.1 g/mol. The van der Waals surface area contributed by atoms with E-state index in [2.05, 4.69) is 6.92 Å². The first-order chi connectivity index (χ1) is 2.91. The van der Waals surface area contributed by atoms with Crippen LogP contribution in [0, 0.1) is 6.92 Å². The third kappa shape index (κ3) is 3.70. The molecule has 0 aliphatic heterocycles. The molecular weight excluding hydrogens is 76.1 g/mol. The van der Waals surface area contributed by atoms with Crippen molar-refractivity contribution in [1.82, 2.24) is 0 Å². The lowest BCUT2D eigenvalue weighted by molar-refractivity contribution is 0.199. The summed E-state index contributed by atoms with van der Waals surface area (Å²) in [7, 11) is 0. The van der Waals surface area contributed by atoms with Gasteiger partial charge in [-0.05, 0) is 13.3 Å². The molecule has 0 spiro atoms. The molecule has 0 N–H and O–H groups in total.